The van der Waals surface area contributed by atoms with E-state index in [2.05, 4.69) is 15.1 Å². The van der Waals surface area contributed by atoms with Crippen LogP contribution in [0, 0.1) is 0 Å². The highest BCUT2D eigenvalue weighted by molar-refractivity contribution is 5.85. The molecular weight excluding hydrogens is 282 g/mol. The van der Waals surface area contributed by atoms with Crippen LogP contribution in [0.3, 0.4) is 0 Å². The third-order valence-electron chi connectivity index (χ3n) is 3.45. The normalized spacial score (nSPS) is 11.5. The SMILES string of the molecule is CC(C)(C(N)=O)c1cc(-n2cccn2)nc(-c2ccco2)n1. The van der Waals surface area contributed by atoms with E-state index in [0.717, 1.165) is 0 Å². The topological polar surface area (TPSA) is 99.8 Å². The van der Waals surface area contributed by atoms with Gasteiger partial charge in [0.1, 0.15) is 0 Å². The van der Waals surface area contributed by atoms with E-state index in [0.29, 0.717) is 23.1 Å². The number of rotatable bonds is 4. The zero-order chi connectivity index (χ0) is 15.7. The maximum atomic E-state index is 11.7. The van der Waals surface area contributed by atoms with Gasteiger partial charge in [-0.2, -0.15) is 5.10 Å². The van der Waals surface area contributed by atoms with Gasteiger partial charge < -0.3 is 10.2 Å². The number of furan rings is 1. The Morgan fingerprint density at radius 2 is 2.14 bits per heavy atom. The summed E-state index contributed by atoms with van der Waals surface area (Å²) in [4.78, 5) is 20.6. The van der Waals surface area contributed by atoms with Crippen LogP contribution in [0.4, 0.5) is 0 Å². The van der Waals surface area contributed by atoms with Gasteiger partial charge in [0.15, 0.2) is 17.4 Å². The van der Waals surface area contributed by atoms with Crippen molar-refractivity contribution in [3.05, 3.63) is 48.6 Å². The van der Waals surface area contributed by atoms with E-state index in [-0.39, 0.29) is 0 Å². The van der Waals surface area contributed by atoms with Gasteiger partial charge in [-0.1, -0.05) is 0 Å². The van der Waals surface area contributed by atoms with Crippen molar-refractivity contribution in [3.63, 3.8) is 0 Å². The van der Waals surface area contributed by atoms with E-state index in [4.69, 9.17) is 10.2 Å². The maximum absolute atomic E-state index is 11.7. The number of hydrogen-bond donors (Lipinski definition) is 1. The molecule has 0 aromatic carbocycles. The largest absolute Gasteiger partial charge is 0.461 e. The highest BCUT2D eigenvalue weighted by Gasteiger charge is 2.30. The molecule has 2 N–H and O–H groups in total. The highest BCUT2D eigenvalue weighted by Crippen LogP contribution is 2.25. The summed E-state index contributed by atoms with van der Waals surface area (Å²) in [5.74, 6) is 0.955. The van der Waals surface area contributed by atoms with Crippen LogP contribution >= 0.6 is 0 Å². The van der Waals surface area contributed by atoms with Crippen molar-refractivity contribution in [1.82, 2.24) is 19.7 Å². The van der Waals surface area contributed by atoms with Crippen LogP contribution in [0.1, 0.15) is 19.5 Å². The van der Waals surface area contributed by atoms with Crippen molar-refractivity contribution >= 4 is 5.91 Å². The fourth-order valence-electron chi connectivity index (χ4n) is 1.92. The number of nitrogens with two attached hydrogens (primary N) is 1. The summed E-state index contributed by atoms with van der Waals surface area (Å²) in [5.41, 5.74) is 5.06. The first-order valence-electron chi connectivity index (χ1n) is 6.72. The molecule has 0 atom stereocenters. The quantitative estimate of drug-likeness (QED) is 0.789. The second kappa shape index (κ2) is 5.10. The van der Waals surface area contributed by atoms with E-state index in [9.17, 15) is 4.79 Å². The highest BCUT2D eigenvalue weighted by atomic mass is 16.3. The molecule has 0 saturated carbocycles. The van der Waals surface area contributed by atoms with E-state index in [1.54, 1.807) is 55.2 Å². The Balaban J connectivity index is 2.20. The van der Waals surface area contributed by atoms with Gasteiger partial charge in [-0.15, -0.1) is 0 Å². The lowest BCUT2D eigenvalue weighted by molar-refractivity contribution is -0.122. The molecular formula is C15H15N5O2. The van der Waals surface area contributed by atoms with Crippen molar-refractivity contribution in [2.75, 3.05) is 0 Å². The van der Waals surface area contributed by atoms with Gasteiger partial charge in [0, 0.05) is 18.5 Å². The minimum Gasteiger partial charge on any atom is -0.461 e. The lowest BCUT2D eigenvalue weighted by atomic mass is 9.88. The summed E-state index contributed by atoms with van der Waals surface area (Å²) in [6, 6.07) is 6.99. The number of amides is 1. The first-order chi connectivity index (χ1) is 10.5. The van der Waals surface area contributed by atoms with Crippen LogP contribution in [-0.2, 0) is 10.2 Å². The zero-order valence-electron chi connectivity index (χ0n) is 12.2. The molecule has 0 radical (unpaired) electrons. The summed E-state index contributed by atoms with van der Waals surface area (Å²) in [7, 11) is 0. The Hall–Kier alpha value is -2.96. The average Bonchev–Trinajstić information content (AvgIpc) is 3.20. The van der Waals surface area contributed by atoms with Crippen molar-refractivity contribution in [2.24, 2.45) is 5.73 Å². The van der Waals surface area contributed by atoms with Gasteiger partial charge in [0.05, 0.1) is 17.4 Å². The molecule has 0 aliphatic rings. The van der Waals surface area contributed by atoms with Gasteiger partial charge in [-0.05, 0) is 32.0 Å². The molecule has 3 rings (SSSR count). The van der Waals surface area contributed by atoms with Crippen LogP contribution in [0.2, 0.25) is 0 Å². The fraction of sp³-hybridized carbons (Fsp3) is 0.200. The van der Waals surface area contributed by atoms with Gasteiger partial charge in [0.2, 0.25) is 5.91 Å². The van der Waals surface area contributed by atoms with Crippen molar-refractivity contribution in [2.45, 2.75) is 19.3 Å². The van der Waals surface area contributed by atoms with Crippen LogP contribution in [0.15, 0.2) is 47.3 Å². The molecule has 1 amide bonds. The molecule has 112 valence electrons. The Bertz CT molecular complexity index is 739. The summed E-state index contributed by atoms with van der Waals surface area (Å²) < 4.78 is 6.94. The lowest BCUT2D eigenvalue weighted by Crippen LogP contribution is -2.36. The minimum atomic E-state index is -0.938. The number of carbonyl (C=O) groups is 1. The smallest absolute Gasteiger partial charge is 0.229 e. The standard InChI is InChI=1S/C15H15N5O2/c1-15(2,14(16)21)11-9-12(20-7-4-6-17-20)19-13(18-11)10-5-3-8-22-10/h3-9H,1-2H3,(H2,16,21). The van der Waals surface area contributed by atoms with Crippen LogP contribution < -0.4 is 5.73 Å². The van der Waals surface area contributed by atoms with Crippen LogP contribution in [0.5, 0.6) is 0 Å². The third-order valence-corrected chi connectivity index (χ3v) is 3.45. The Labute approximate surface area is 126 Å². The zero-order valence-corrected chi connectivity index (χ0v) is 12.2. The number of hydrogen-bond acceptors (Lipinski definition) is 5. The second-order valence-electron chi connectivity index (χ2n) is 5.35. The molecule has 3 aromatic heterocycles. The van der Waals surface area contributed by atoms with E-state index in [1.807, 2.05) is 0 Å². The van der Waals surface area contributed by atoms with Crippen LogP contribution in [0.25, 0.3) is 17.4 Å². The molecule has 0 fully saturated rings. The fourth-order valence-corrected chi connectivity index (χ4v) is 1.92. The molecule has 3 heterocycles. The second-order valence-corrected chi connectivity index (χ2v) is 5.35. The molecule has 0 aliphatic heterocycles. The number of carbonyl (C=O) groups excluding carboxylic acids is 1. The molecule has 7 heteroatoms. The maximum Gasteiger partial charge on any atom is 0.229 e. The van der Waals surface area contributed by atoms with Crippen molar-refractivity contribution < 1.29 is 9.21 Å². The third kappa shape index (κ3) is 2.37. The van der Waals surface area contributed by atoms with E-state index in [1.165, 1.54) is 6.26 Å². The van der Waals surface area contributed by atoms with Gasteiger partial charge in [-0.3, -0.25) is 4.79 Å². The molecule has 3 aromatic rings. The van der Waals surface area contributed by atoms with Crippen molar-refractivity contribution in [1.29, 1.82) is 0 Å². The Kier molecular flexibility index (Phi) is 3.25. The minimum absolute atomic E-state index is 0.377. The predicted octanol–water partition coefficient (Wildman–Crippen LogP) is 1.69. The molecule has 0 spiro atoms. The molecule has 0 unspecified atom stereocenters. The number of aromatic nitrogens is 4. The summed E-state index contributed by atoms with van der Waals surface area (Å²) >= 11 is 0. The van der Waals surface area contributed by atoms with Gasteiger partial charge in [-0.25, -0.2) is 14.6 Å². The van der Waals surface area contributed by atoms with E-state index < -0.39 is 11.3 Å². The van der Waals surface area contributed by atoms with Gasteiger partial charge >= 0.3 is 0 Å². The summed E-state index contributed by atoms with van der Waals surface area (Å²) in [5, 5.41) is 4.16. The number of primary amides is 1. The first-order valence-corrected chi connectivity index (χ1v) is 6.72. The number of nitrogens with zero attached hydrogens (tertiary/aromatic N) is 4. The van der Waals surface area contributed by atoms with Gasteiger partial charge in [0.25, 0.3) is 0 Å². The monoisotopic (exact) mass is 297 g/mol. The molecule has 0 bridgehead atoms. The molecule has 0 saturated heterocycles. The molecule has 7 nitrogen and oxygen atoms in total. The Morgan fingerprint density at radius 3 is 2.73 bits per heavy atom. The lowest BCUT2D eigenvalue weighted by Gasteiger charge is -2.20. The molecule has 22 heavy (non-hydrogen) atoms. The first kappa shape index (κ1) is 14.0. The summed E-state index contributed by atoms with van der Waals surface area (Å²) in [6.45, 7) is 3.44. The van der Waals surface area contributed by atoms with Crippen molar-refractivity contribution in [3.8, 4) is 17.4 Å². The average molecular weight is 297 g/mol. The molecule has 0 aliphatic carbocycles. The predicted molar refractivity (Wildman–Crippen MR) is 79.1 cm³/mol. The van der Waals surface area contributed by atoms with E-state index >= 15 is 0 Å². The Morgan fingerprint density at radius 1 is 1.32 bits per heavy atom. The summed E-state index contributed by atoms with van der Waals surface area (Å²) in [6.07, 6.45) is 4.95. The van der Waals surface area contributed by atoms with Crippen LogP contribution in [-0.4, -0.2) is 25.7 Å².